The molecule has 2 N–H and O–H groups in total. The van der Waals surface area contributed by atoms with Gasteiger partial charge in [0.2, 0.25) is 0 Å². The molecule has 0 spiro atoms. The first-order valence-corrected chi connectivity index (χ1v) is 6.17. The van der Waals surface area contributed by atoms with E-state index in [2.05, 4.69) is 0 Å². The van der Waals surface area contributed by atoms with Crippen LogP contribution in [0.25, 0.3) is 0 Å². The molecule has 1 atom stereocenters. The fourth-order valence-electron chi connectivity index (χ4n) is 2.44. The second-order valence-corrected chi connectivity index (χ2v) is 5.13. The van der Waals surface area contributed by atoms with Crippen LogP contribution in [0.5, 0.6) is 0 Å². The van der Waals surface area contributed by atoms with E-state index in [9.17, 15) is 13.2 Å². The van der Waals surface area contributed by atoms with Crippen molar-refractivity contribution in [1.29, 1.82) is 0 Å². The van der Waals surface area contributed by atoms with Crippen LogP contribution >= 0.6 is 0 Å². The van der Waals surface area contributed by atoms with Crippen LogP contribution in [0.4, 0.5) is 24.5 Å². The molecule has 0 unspecified atom stereocenters. The van der Waals surface area contributed by atoms with Gasteiger partial charge in [0, 0.05) is 30.5 Å². The van der Waals surface area contributed by atoms with Gasteiger partial charge in [0.25, 0.3) is 0 Å². The van der Waals surface area contributed by atoms with Crippen molar-refractivity contribution in [1.82, 2.24) is 4.90 Å². The third-order valence-corrected chi connectivity index (χ3v) is 3.56. The van der Waals surface area contributed by atoms with Crippen molar-refractivity contribution in [3.8, 4) is 0 Å². The quantitative estimate of drug-likeness (QED) is 0.840. The topological polar surface area (TPSA) is 32.5 Å². The summed E-state index contributed by atoms with van der Waals surface area (Å²) in [6.45, 7) is 1.25. The monoisotopic (exact) mass is 273 g/mol. The average Bonchev–Trinajstić information content (AvgIpc) is 2.77. The SMILES string of the molecule is CN(C)[C@@H]1CCN(c2ccc(N)cc2C(F)(F)F)C1. The molecule has 6 heteroatoms. The number of nitrogen functional groups attached to an aromatic ring is 1. The van der Waals surface area contributed by atoms with Crippen LogP contribution in [0.3, 0.4) is 0 Å². The lowest BCUT2D eigenvalue weighted by Crippen LogP contribution is -2.32. The molecule has 1 aromatic carbocycles. The normalized spacial score (nSPS) is 20.3. The molecule has 1 fully saturated rings. The molecule has 0 saturated carbocycles. The van der Waals surface area contributed by atoms with E-state index in [4.69, 9.17) is 5.73 Å². The zero-order valence-corrected chi connectivity index (χ0v) is 11.0. The number of halogens is 3. The third kappa shape index (κ3) is 2.94. The third-order valence-electron chi connectivity index (χ3n) is 3.56. The lowest BCUT2D eigenvalue weighted by molar-refractivity contribution is -0.137. The van der Waals surface area contributed by atoms with Crippen molar-refractivity contribution in [2.45, 2.75) is 18.6 Å². The summed E-state index contributed by atoms with van der Waals surface area (Å²) in [6.07, 6.45) is -3.50. The van der Waals surface area contributed by atoms with Crippen molar-refractivity contribution >= 4 is 11.4 Å². The Morgan fingerprint density at radius 2 is 2.00 bits per heavy atom. The number of anilines is 2. The highest BCUT2D eigenvalue weighted by atomic mass is 19.4. The number of benzene rings is 1. The first kappa shape index (κ1) is 14.0. The Balaban J connectivity index is 2.31. The number of nitrogens with two attached hydrogens (primary N) is 1. The lowest BCUT2D eigenvalue weighted by Gasteiger charge is -2.25. The van der Waals surface area contributed by atoms with Crippen molar-refractivity contribution in [2.75, 3.05) is 37.8 Å². The van der Waals surface area contributed by atoms with Crippen LogP contribution in [0.2, 0.25) is 0 Å². The summed E-state index contributed by atoms with van der Waals surface area (Å²) in [7, 11) is 3.89. The molecular weight excluding hydrogens is 255 g/mol. The molecular formula is C13H18F3N3. The van der Waals surface area contributed by atoms with E-state index >= 15 is 0 Å². The van der Waals surface area contributed by atoms with Gasteiger partial charge in [-0.2, -0.15) is 13.2 Å². The molecule has 2 rings (SSSR count). The van der Waals surface area contributed by atoms with E-state index in [0.717, 1.165) is 12.5 Å². The van der Waals surface area contributed by atoms with Gasteiger partial charge in [0.05, 0.1) is 5.56 Å². The Morgan fingerprint density at radius 1 is 1.32 bits per heavy atom. The van der Waals surface area contributed by atoms with Gasteiger partial charge in [-0.1, -0.05) is 0 Å². The van der Waals surface area contributed by atoms with Crippen molar-refractivity contribution in [3.63, 3.8) is 0 Å². The fourth-order valence-corrected chi connectivity index (χ4v) is 2.44. The Hall–Kier alpha value is -1.43. The summed E-state index contributed by atoms with van der Waals surface area (Å²) in [5, 5.41) is 0. The largest absolute Gasteiger partial charge is 0.418 e. The highest BCUT2D eigenvalue weighted by molar-refractivity contribution is 5.61. The highest BCUT2D eigenvalue weighted by Crippen LogP contribution is 2.39. The van der Waals surface area contributed by atoms with E-state index < -0.39 is 11.7 Å². The standard InChI is InChI=1S/C13H18F3N3/c1-18(2)10-5-6-19(8-10)12-4-3-9(17)7-11(12)13(14,15)16/h3-4,7,10H,5-6,8,17H2,1-2H3/t10-/m1/s1. The predicted molar refractivity (Wildman–Crippen MR) is 70.2 cm³/mol. The summed E-state index contributed by atoms with van der Waals surface area (Å²) in [5.41, 5.74) is 5.19. The molecule has 0 aromatic heterocycles. The fraction of sp³-hybridized carbons (Fsp3) is 0.538. The molecule has 1 saturated heterocycles. The van der Waals surface area contributed by atoms with Crippen molar-refractivity contribution in [2.24, 2.45) is 0 Å². The number of likely N-dealkylation sites (N-methyl/N-ethyl adjacent to an activating group) is 1. The van der Waals surface area contributed by atoms with Crippen molar-refractivity contribution in [3.05, 3.63) is 23.8 Å². The van der Waals surface area contributed by atoms with Crippen LogP contribution in [-0.2, 0) is 6.18 Å². The molecule has 3 nitrogen and oxygen atoms in total. The summed E-state index contributed by atoms with van der Waals surface area (Å²) in [4.78, 5) is 3.83. The van der Waals surface area contributed by atoms with Gasteiger partial charge in [-0.25, -0.2) is 0 Å². The van der Waals surface area contributed by atoms with Gasteiger partial charge >= 0.3 is 6.18 Å². The predicted octanol–water partition coefficient (Wildman–Crippen LogP) is 2.43. The zero-order chi connectivity index (χ0) is 14.2. The summed E-state index contributed by atoms with van der Waals surface area (Å²) in [6, 6.07) is 4.29. The number of nitrogens with zero attached hydrogens (tertiary/aromatic N) is 2. The molecule has 0 radical (unpaired) electrons. The molecule has 1 aromatic rings. The van der Waals surface area contributed by atoms with Crippen molar-refractivity contribution < 1.29 is 13.2 Å². The lowest BCUT2D eigenvalue weighted by atomic mass is 10.1. The van der Waals surface area contributed by atoms with Gasteiger partial charge in [0.15, 0.2) is 0 Å². The molecule has 0 amide bonds. The summed E-state index contributed by atoms with van der Waals surface area (Å²) >= 11 is 0. The van der Waals surface area contributed by atoms with Crippen LogP contribution in [-0.4, -0.2) is 38.1 Å². The van der Waals surface area contributed by atoms with E-state index in [1.54, 1.807) is 4.90 Å². The first-order valence-electron chi connectivity index (χ1n) is 6.17. The van der Waals surface area contributed by atoms with Crippen LogP contribution in [0.15, 0.2) is 18.2 Å². The molecule has 19 heavy (non-hydrogen) atoms. The van der Waals surface area contributed by atoms with E-state index in [1.165, 1.54) is 12.1 Å². The summed E-state index contributed by atoms with van der Waals surface area (Å²) < 4.78 is 39.1. The smallest absolute Gasteiger partial charge is 0.399 e. The molecule has 0 bridgehead atoms. The van der Waals surface area contributed by atoms with Gasteiger partial charge in [-0.15, -0.1) is 0 Å². The van der Waals surface area contributed by atoms with E-state index in [-0.39, 0.29) is 11.4 Å². The van der Waals surface area contributed by atoms with Gasteiger partial charge in [-0.3, -0.25) is 0 Å². The van der Waals surface area contributed by atoms with E-state index in [1.807, 2.05) is 19.0 Å². The van der Waals surface area contributed by atoms with Crippen LogP contribution in [0.1, 0.15) is 12.0 Å². The molecule has 1 heterocycles. The number of hydrogen-bond acceptors (Lipinski definition) is 3. The molecule has 1 aliphatic rings. The average molecular weight is 273 g/mol. The van der Waals surface area contributed by atoms with Gasteiger partial charge in [-0.05, 0) is 38.7 Å². The second-order valence-electron chi connectivity index (χ2n) is 5.13. The number of hydrogen-bond donors (Lipinski definition) is 1. The maximum atomic E-state index is 13.0. The number of alkyl halides is 3. The van der Waals surface area contributed by atoms with Gasteiger partial charge < -0.3 is 15.5 Å². The Morgan fingerprint density at radius 3 is 2.53 bits per heavy atom. The first-order chi connectivity index (χ1) is 8.79. The van der Waals surface area contributed by atoms with E-state index in [0.29, 0.717) is 19.1 Å². The molecule has 0 aliphatic carbocycles. The summed E-state index contributed by atoms with van der Waals surface area (Å²) in [5.74, 6) is 0. The maximum absolute atomic E-state index is 13.0. The maximum Gasteiger partial charge on any atom is 0.418 e. The minimum atomic E-state index is -4.37. The highest BCUT2D eigenvalue weighted by Gasteiger charge is 2.36. The zero-order valence-electron chi connectivity index (χ0n) is 11.0. The van der Waals surface area contributed by atoms with Gasteiger partial charge in [0.1, 0.15) is 0 Å². The Kier molecular flexibility index (Phi) is 3.62. The number of rotatable bonds is 2. The minimum Gasteiger partial charge on any atom is -0.399 e. The molecule has 1 aliphatic heterocycles. The minimum absolute atomic E-state index is 0.138. The Labute approximate surface area is 110 Å². The second kappa shape index (κ2) is 4.92. The van der Waals surface area contributed by atoms with Crippen LogP contribution < -0.4 is 10.6 Å². The Bertz CT molecular complexity index is 457. The van der Waals surface area contributed by atoms with Crippen LogP contribution in [0, 0.1) is 0 Å². The molecule has 106 valence electrons.